The van der Waals surface area contributed by atoms with Gasteiger partial charge in [0.25, 0.3) is 0 Å². The van der Waals surface area contributed by atoms with Crippen LogP contribution in [0.4, 0.5) is 28.9 Å². The van der Waals surface area contributed by atoms with E-state index in [4.69, 9.17) is 4.74 Å². The van der Waals surface area contributed by atoms with Crippen molar-refractivity contribution in [2.24, 2.45) is 5.41 Å². The standard InChI is InChI=1S/C29H27F4N9O/c1-16-20(5-6-23(30)38-16)26(22-12-42(41-40-22)28(14-43-15-28)29(31,32)33)39-19-7-17(9-34)24-21(8-19)25(18(10-35)11-36-24)37-13-27(2,3)4/h5-8,11-12,26,39H,13-15H2,1-4H3,(H,36,37). The molecule has 1 fully saturated rings. The molecule has 0 spiro atoms. The summed E-state index contributed by atoms with van der Waals surface area (Å²) in [5.74, 6) is -0.728. The average molecular weight is 594 g/mol. The summed E-state index contributed by atoms with van der Waals surface area (Å²) in [6.45, 7) is 6.94. The van der Waals surface area contributed by atoms with Crippen LogP contribution >= 0.6 is 0 Å². The van der Waals surface area contributed by atoms with Gasteiger partial charge in [-0.1, -0.05) is 32.1 Å². The van der Waals surface area contributed by atoms with Crippen LogP contribution in [-0.4, -0.2) is 50.9 Å². The smallest absolute Gasteiger partial charge is 0.383 e. The monoisotopic (exact) mass is 593 g/mol. The molecule has 1 aromatic carbocycles. The Balaban J connectivity index is 1.64. The van der Waals surface area contributed by atoms with Crippen LogP contribution in [0.25, 0.3) is 10.9 Å². The maximum atomic E-state index is 14.0. The molecule has 0 radical (unpaired) electrons. The number of fused-ring (bicyclic) bond motifs is 1. The molecule has 222 valence electrons. The average Bonchev–Trinajstić information content (AvgIpc) is 3.37. The van der Waals surface area contributed by atoms with Gasteiger partial charge in [0.2, 0.25) is 11.5 Å². The van der Waals surface area contributed by atoms with Crippen molar-refractivity contribution in [3.63, 3.8) is 0 Å². The lowest BCUT2D eigenvalue weighted by molar-refractivity contribution is -0.294. The quantitative estimate of drug-likeness (QED) is 0.214. The number of aryl methyl sites for hydroxylation is 1. The largest absolute Gasteiger partial charge is 0.418 e. The molecular formula is C29H27F4N9O. The molecular weight excluding hydrogens is 566 g/mol. The molecule has 0 aliphatic carbocycles. The summed E-state index contributed by atoms with van der Waals surface area (Å²) in [5.41, 5.74) is -0.00811. The molecule has 4 heterocycles. The number of hydrogen-bond donors (Lipinski definition) is 2. The Morgan fingerprint density at radius 2 is 1.84 bits per heavy atom. The molecule has 0 saturated carbocycles. The van der Waals surface area contributed by atoms with E-state index in [1.54, 1.807) is 13.0 Å². The predicted molar refractivity (Wildman–Crippen MR) is 148 cm³/mol. The first-order chi connectivity index (χ1) is 20.3. The van der Waals surface area contributed by atoms with Gasteiger partial charge >= 0.3 is 6.18 Å². The first-order valence-electron chi connectivity index (χ1n) is 13.2. The van der Waals surface area contributed by atoms with Crippen molar-refractivity contribution in [3.05, 3.63) is 70.7 Å². The third-order valence-corrected chi connectivity index (χ3v) is 7.18. The van der Waals surface area contributed by atoms with Gasteiger partial charge in [0, 0.05) is 35.1 Å². The number of hydrogen-bond acceptors (Lipinski definition) is 9. The van der Waals surface area contributed by atoms with E-state index in [0.717, 1.165) is 10.7 Å². The zero-order valence-corrected chi connectivity index (χ0v) is 23.7. The fraction of sp³-hybridized carbons (Fsp3) is 0.379. The molecule has 1 aliphatic heterocycles. The fourth-order valence-electron chi connectivity index (χ4n) is 4.76. The van der Waals surface area contributed by atoms with Crippen LogP contribution in [0, 0.1) is 40.9 Å². The van der Waals surface area contributed by atoms with E-state index in [9.17, 15) is 28.1 Å². The molecule has 1 unspecified atom stereocenters. The molecule has 1 saturated heterocycles. The van der Waals surface area contributed by atoms with Gasteiger partial charge in [0.05, 0.1) is 47.8 Å². The molecule has 10 nitrogen and oxygen atoms in total. The third-order valence-electron chi connectivity index (χ3n) is 7.18. The van der Waals surface area contributed by atoms with Gasteiger partial charge in [-0.25, -0.2) is 9.67 Å². The second-order valence-corrected chi connectivity index (χ2v) is 11.6. The molecule has 14 heteroatoms. The zero-order valence-electron chi connectivity index (χ0n) is 23.7. The Hall–Kier alpha value is -4.82. The SMILES string of the molecule is Cc1nc(F)ccc1C(Nc1cc(C#N)c2ncc(C#N)c(NCC(C)(C)C)c2c1)c1cn(C2(C(F)(F)F)COC2)nn1. The molecule has 0 amide bonds. The molecule has 2 N–H and O–H groups in total. The highest BCUT2D eigenvalue weighted by Crippen LogP contribution is 2.43. The van der Waals surface area contributed by atoms with Crippen molar-refractivity contribution in [2.75, 3.05) is 30.4 Å². The number of rotatable bonds is 7. The first kappa shape index (κ1) is 29.7. The number of benzene rings is 1. The van der Waals surface area contributed by atoms with Crippen LogP contribution in [0.2, 0.25) is 0 Å². The first-order valence-corrected chi connectivity index (χ1v) is 13.2. The highest BCUT2D eigenvalue weighted by Gasteiger charge is 2.62. The second-order valence-electron chi connectivity index (χ2n) is 11.6. The summed E-state index contributed by atoms with van der Waals surface area (Å²) in [4.78, 5) is 8.23. The number of ether oxygens (including phenoxy) is 1. The number of nitriles is 2. The lowest BCUT2D eigenvalue weighted by Gasteiger charge is -2.41. The number of nitrogens with zero attached hydrogens (tertiary/aromatic N) is 7. The van der Waals surface area contributed by atoms with Gasteiger partial charge < -0.3 is 15.4 Å². The van der Waals surface area contributed by atoms with Crippen molar-refractivity contribution >= 4 is 22.3 Å². The number of anilines is 2. The minimum Gasteiger partial charge on any atom is -0.383 e. The van der Waals surface area contributed by atoms with E-state index < -0.39 is 36.9 Å². The van der Waals surface area contributed by atoms with Crippen LogP contribution in [-0.2, 0) is 10.3 Å². The molecule has 43 heavy (non-hydrogen) atoms. The highest BCUT2D eigenvalue weighted by atomic mass is 19.4. The van der Waals surface area contributed by atoms with Crippen molar-refractivity contribution in [1.29, 1.82) is 10.5 Å². The van der Waals surface area contributed by atoms with Gasteiger partial charge in [-0.15, -0.1) is 5.10 Å². The summed E-state index contributed by atoms with van der Waals surface area (Å²) in [6.07, 6.45) is -2.07. The van der Waals surface area contributed by atoms with Gasteiger partial charge in [0.1, 0.15) is 17.8 Å². The van der Waals surface area contributed by atoms with Crippen LogP contribution in [0.3, 0.4) is 0 Å². The van der Waals surface area contributed by atoms with Gasteiger partial charge in [-0.05, 0) is 30.5 Å². The summed E-state index contributed by atoms with van der Waals surface area (Å²) < 4.78 is 61.6. The number of alkyl halides is 3. The molecule has 4 aromatic rings. The van der Waals surface area contributed by atoms with Crippen LogP contribution < -0.4 is 10.6 Å². The number of nitrogens with one attached hydrogen (secondary N) is 2. The van der Waals surface area contributed by atoms with Gasteiger partial charge in [0.15, 0.2) is 0 Å². The second kappa shape index (κ2) is 10.8. The van der Waals surface area contributed by atoms with Crippen LogP contribution in [0.15, 0.2) is 36.7 Å². The number of pyridine rings is 2. The van der Waals surface area contributed by atoms with E-state index in [0.29, 0.717) is 34.4 Å². The topological polar surface area (TPSA) is 137 Å². The Labute approximate surface area is 244 Å². The van der Waals surface area contributed by atoms with Crippen molar-refractivity contribution in [1.82, 2.24) is 25.0 Å². The fourth-order valence-corrected chi connectivity index (χ4v) is 4.76. The zero-order chi connectivity index (χ0) is 31.2. The van der Waals surface area contributed by atoms with Crippen LogP contribution in [0.5, 0.6) is 0 Å². The molecule has 3 aromatic heterocycles. The van der Waals surface area contributed by atoms with E-state index in [-0.39, 0.29) is 27.9 Å². The Bertz CT molecular complexity index is 1780. The Morgan fingerprint density at radius 3 is 2.42 bits per heavy atom. The summed E-state index contributed by atoms with van der Waals surface area (Å²) in [6, 6.07) is 9.13. The number of aromatic nitrogens is 5. The minimum absolute atomic E-state index is 0.0978. The van der Waals surface area contributed by atoms with E-state index in [1.807, 2.05) is 20.8 Å². The predicted octanol–water partition coefficient (Wildman–Crippen LogP) is 5.36. The van der Waals surface area contributed by atoms with Crippen molar-refractivity contribution in [2.45, 2.75) is 45.5 Å². The summed E-state index contributed by atoms with van der Waals surface area (Å²) >= 11 is 0. The minimum atomic E-state index is -4.64. The van der Waals surface area contributed by atoms with E-state index in [1.165, 1.54) is 24.5 Å². The van der Waals surface area contributed by atoms with Gasteiger partial charge in [-0.3, -0.25) is 4.98 Å². The lowest BCUT2D eigenvalue weighted by Crippen LogP contribution is -2.61. The lowest BCUT2D eigenvalue weighted by atomic mass is 9.96. The number of halogens is 4. The van der Waals surface area contributed by atoms with Crippen LogP contribution in [0.1, 0.15) is 54.9 Å². The van der Waals surface area contributed by atoms with Crippen molar-refractivity contribution < 1.29 is 22.3 Å². The maximum absolute atomic E-state index is 14.0. The Kier molecular flexibility index (Phi) is 7.44. The normalized spacial score (nSPS) is 15.3. The summed E-state index contributed by atoms with van der Waals surface area (Å²) in [5, 5.41) is 34.7. The highest BCUT2D eigenvalue weighted by molar-refractivity contribution is 5.99. The third kappa shape index (κ3) is 5.53. The molecule has 1 aliphatic rings. The van der Waals surface area contributed by atoms with E-state index in [2.05, 4.69) is 43.1 Å². The van der Waals surface area contributed by atoms with E-state index >= 15 is 0 Å². The molecule has 0 bridgehead atoms. The Morgan fingerprint density at radius 1 is 1.12 bits per heavy atom. The maximum Gasteiger partial charge on any atom is 0.418 e. The summed E-state index contributed by atoms with van der Waals surface area (Å²) in [7, 11) is 0. The van der Waals surface area contributed by atoms with Crippen molar-refractivity contribution in [3.8, 4) is 12.1 Å². The molecule has 5 rings (SSSR count). The van der Waals surface area contributed by atoms with Gasteiger partial charge in [-0.2, -0.15) is 28.1 Å². The molecule has 1 atom stereocenters.